The quantitative estimate of drug-likeness (QED) is 0.691. The topological polar surface area (TPSA) is 82.2 Å². The molecule has 2 aliphatic rings. The van der Waals surface area contributed by atoms with Crippen LogP contribution in [0.2, 0.25) is 0 Å². The highest BCUT2D eigenvalue weighted by Gasteiger charge is 2.31. The summed E-state index contributed by atoms with van der Waals surface area (Å²) in [6.07, 6.45) is 1.48. The molecule has 35 heavy (non-hydrogen) atoms. The maximum atomic E-state index is 13.0. The van der Waals surface area contributed by atoms with Crippen LogP contribution >= 0.6 is 0 Å². The Morgan fingerprint density at radius 2 is 1.69 bits per heavy atom. The second-order valence-corrected chi connectivity index (χ2v) is 9.35. The molecule has 2 aromatic carbocycles. The van der Waals surface area contributed by atoms with Crippen molar-refractivity contribution in [3.63, 3.8) is 0 Å². The number of anilines is 2. The van der Waals surface area contributed by atoms with E-state index in [1.165, 1.54) is 4.90 Å². The monoisotopic (exact) mass is 478 g/mol. The molecule has 186 valence electrons. The number of aryl methyl sites for hydroxylation is 1. The average molecular weight is 479 g/mol. The number of ether oxygens (including phenoxy) is 1. The minimum atomic E-state index is -0.302. The summed E-state index contributed by atoms with van der Waals surface area (Å²) < 4.78 is 5.39. The number of rotatable bonds is 6. The molecule has 2 fully saturated rings. The van der Waals surface area contributed by atoms with Gasteiger partial charge in [0.05, 0.1) is 25.7 Å². The van der Waals surface area contributed by atoms with Gasteiger partial charge in [-0.15, -0.1) is 0 Å². The van der Waals surface area contributed by atoms with Crippen LogP contribution in [0.25, 0.3) is 0 Å². The molecule has 8 nitrogen and oxygen atoms in total. The van der Waals surface area contributed by atoms with E-state index >= 15 is 0 Å². The van der Waals surface area contributed by atoms with Crippen LogP contribution in [-0.2, 0) is 14.3 Å². The van der Waals surface area contributed by atoms with Crippen molar-refractivity contribution >= 4 is 29.1 Å². The molecule has 1 atom stereocenters. The predicted octanol–water partition coefficient (Wildman–Crippen LogP) is 2.78. The first-order valence-electron chi connectivity index (χ1n) is 12.2. The number of nitrogens with zero attached hydrogens (tertiary/aromatic N) is 3. The number of morpholine rings is 1. The van der Waals surface area contributed by atoms with Crippen molar-refractivity contribution in [2.24, 2.45) is 5.92 Å². The zero-order chi connectivity index (χ0) is 24.8. The lowest BCUT2D eigenvalue weighted by Crippen LogP contribution is -2.47. The highest BCUT2D eigenvalue weighted by Crippen LogP contribution is 2.22. The molecule has 8 heteroatoms. The first kappa shape index (κ1) is 24.7. The molecule has 2 aromatic rings. The molecular formula is C27H34N4O4. The van der Waals surface area contributed by atoms with Crippen molar-refractivity contribution in [1.82, 2.24) is 9.80 Å². The molecule has 2 heterocycles. The maximum absolute atomic E-state index is 13.0. The van der Waals surface area contributed by atoms with E-state index in [1.807, 2.05) is 55.5 Å². The van der Waals surface area contributed by atoms with Gasteiger partial charge >= 0.3 is 0 Å². The van der Waals surface area contributed by atoms with Crippen molar-refractivity contribution < 1.29 is 19.1 Å². The summed E-state index contributed by atoms with van der Waals surface area (Å²) >= 11 is 0. The van der Waals surface area contributed by atoms with Gasteiger partial charge in [0.2, 0.25) is 11.8 Å². The van der Waals surface area contributed by atoms with Crippen LogP contribution in [0.5, 0.6) is 0 Å². The summed E-state index contributed by atoms with van der Waals surface area (Å²) in [5.74, 6) is -0.709. The number of amides is 3. The van der Waals surface area contributed by atoms with Crippen molar-refractivity contribution in [2.75, 3.05) is 63.2 Å². The Labute approximate surface area is 206 Å². The molecule has 2 aliphatic heterocycles. The third kappa shape index (κ3) is 6.39. The van der Waals surface area contributed by atoms with E-state index in [-0.39, 0.29) is 30.2 Å². The van der Waals surface area contributed by atoms with Gasteiger partial charge in [0.1, 0.15) is 0 Å². The number of carbonyl (C=O) groups is 3. The molecule has 0 bridgehead atoms. The second kappa shape index (κ2) is 11.4. The Morgan fingerprint density at radius 1 is 1.00 bits per heavy atom. The number of likely N-dealkylation sites (tertiary alicyclic amines) is 1. The summed E-state index contributed by atoms with van der Waals surface area (Å²) in [4.78, 5) is 44.0. The summed E-state index contributed by atoms with van der Waals surface area (Å²) in [6.45, 7) is 6.11. The number of nitrogens with one attached hydrogen (secondary N) is 1. The standard InChI is InChI=1S/C27H34N4O4/c1-20-5-7-21(8-6-20)27(34)31-13-3-4-22(18-31)26(33)29(2)19-25(32)28-23-9-11-24(12-10-23)30-14-16-35-17-15-30/h5-12,22H,3-4,13-19H2,1-2H3,(H,28,32). The Bertz CT molecular complexity index is 1030. The smallest absolute Gasteiger partial charge is 0.253 e. The van der Waals surface area contributed by atoms with E-state index in [0.717, 1.165) is 44.0 Å². The zero-order valence-corrected chi connectivity index (χ0v) is 20.5. The second-order valence-electron chi connectivity index (χ2n) is 9.35. The van der Waals surface area contributed by atoms with Gasteiger partial charge in [-0.3, -0.25) is 14.4 Å². The Balaban J connectivity index is 1.28. The van der Waals surface area contributed by atoms with Gasteiger partial charge in [-0.25, -0.2) is 0 Å². The van der Waals surface area contributed by atoms with Gasteiger partial charge in [-0.05, 0) is 56.2 Å². The molecular weight excluding hydrogens is 444 g/mol. The van der Waals surface area contributed by atoms with Crippen LogP contribution in [0.15, 0.2) is 48.5 Å². The zero-order valence-electron chi connectivity index (χ0n) is 20.5. The van der Waals surface area contributed by atoms with E-state index in [4.69, 9.17) is 4.74 Å². The molecule has 1 N–H and O–H groups in total. The highest BCUT2D eigenvalue weighted by molar-refractivity contribution is 5.96. The molecule has 0 radical (unpaired) electrons. The van der Waals surface area contributed by atoms with Crippen LogP contribution in [-0.4, -0.2) is 80.5 Å². The normalized spacial score (nSPS) is 18.2. The third-order valence-corrected chi connectivity index (χ3v) is 6.64. The molecule has 1 unspecified atom stereocenters. The molecule has 0 aromatic heterocycles. The van der Waals surface area contributed by atoms with E-state index in [0.29, 0.717) is 30.8 Å². The largest absolute Gasteiger partial charge is 0.378 e. The molecule has 4 rings (SSSR count). The minimum Gasteiger partial charge on any atom is -0.378 e. The van der Waals surface area contributed by atoms with Crippen molar-refractivity contribution in [3.8, 4) is 0 Å². The number of carbonyl (C=O) groups excluding carboxylic acids is 3. The van der Waals surface area contributed by atoms with Gasteiger partial charge in [0, 0.05) is 50.2 Å². The van der Waals surface area contributed by atoms with Crippen LogP contribution in [0.3, 0.4) is 0 Å². The number of hydrogen-bond acceptors (Lipinski definition) is 5. The van der Waals surface area contributed by atoms with E-state index in [1.54, 1.807) is 11.9 Å². The summed E-state index contributed by atoms with van der Waals surface area (Å²) in [5.41, 5.74) is 3.53. The summed E-state index contributed by atoms with van der Waals surface area (Å²) in [5, 5.41) is 2.87. The summed E-state index contributed by atoms with van der Waals surface area (Å²) in [6, 6.07) is 15.2. The van der Waals surface area contributed by atoms with Crippen LogP contribution in [0.1, 0.15) is 28.8 Å². The van der Waals surface area contributed by atoms with Crippen molar-refractivity contribution in [3.05, 3.63) is 59.7 Å². The van der Waals surface area contributed by atoms with E-state index in [2.05, 4.69) is 10.2 Å². The number of benzene rings is 2. The lowest BCUT2D eigenvalue weighted by molar-refractivity contribution is -0.138. The third-order valence-electron chi connectivity index (χ3n) is 6.64. The fourth-order valence-electron chi connectivity index (χ4n) is 4.62. The van der Waals surface area contributed by atoms with Crippen LogP contribution < -0.4 is 10.2 Å². The molecule has 0 aliphatic carbocycles. The van der Waals surface area contributed by atoms with Gasteiger partial charge in [-0.1, -0.05) is 17.7 Å². The van der Waals surface area contributed by atoms with Crippen molar-refractivity contribution in [1.29, 1.82) is 0 Å². The predicted molar refractivity (Wildman–Crippen MR) is 136 cm³/mol. The highest BCUT2D eigenvalue weighted by atomic mass is 16.5. The average Bonchev–Trinajstić information content (AvgIpc) is 2.89. The van der Waals surface area contributed by atoms with Crippen LogP contribution in [0.4, 0.5) is 11.4 Å². The molecule has 0 saturated carbocycles. The van der Waals surface area contributed by atoms with Crippen molar-refractivity contribution in [2.45, 2.75) is 19.8 Å². The molecule has 0 spiro atoms. The summed E-state index contributed by atoms with van der Waals surface area (Å²) in [7, 11) is 1.64. The lowest BCUT2D eigenvalue weighted by Gasteiger charge is -2.34. The Hall–Kier alpha value is -3.39. The van der Waals surface area contributed by atoms with Crippen LogP contribution in [0, 0.1) is 12.8 Å². The molecule has 3 amide bonds. The van der Waals surface area contributed by atoms with Gasteiger partial charge < -0.3 is 24.8 Å². The van der Waals surface area contributed by atoms with E-state index < -0.39 is 0 Å². The number of piperidine rings is 1. The minimum absolute atomic E-state index is 0.0353. The Morgan fingerprint density at radius 3 is 2.37 bits per heavy atom. The van der Waals surface area contributed by atoms with Gasteiger partial charge in [-0.2, -0.15) is 0 Å². The fraction of sp³-hybridized carbons (Fsp3) is 0.444. The number of hydrogen-bond donors (Lipinski definition) is 1. The SMILES string of the molecule is Cc1ccc(C(=O)N2CCCC(C(=O)N(C)CC(=O)Nc3ccc(N4CCOCC4)cc3)C2)cc1. The molecule has 2 saturated heterocycles. The van der Waals surface area contributed by atoms with Gasteiger partial charge in [0.25, 0.3) is 5.91 Å². The number of likely N-dealkylation sites (N-methyl/N-ethyl adjacent to an activating group) is 1. The first-order valence-corrected chi connectivity index (χ1v) is 12.2. The first-order chi connectivity index (χ1) is 16.9. The fourth-order valence-corrected chi connectivity index (χ4v) is 4.62. The maximum Gasteiger partial charge on any atom is 0.253 e. The van der Waals surface area contributed by atoms with E-state index in [9.17, 15) is 14.4 Å². The lowest BCUT2D eigenvalue weighted by atomic mass is 9.96. The Kier molecular flexibility index (Phi) is 8.02. The van der Waals surface area contributed by atoms with Gasteiger partial charge in [0.15, 0.2) is 0 Å².